The van der Waals surface area contributed by atoms with E-state index < -0.39 is 12.2 Å². The largest absolute Gasteiger partial charge is 0.456 e. The minimum Gasteiger partial charge on any atom is -0.456 e. The lowest BCUT2D eigenvalue weighted by atomic mass is 10.1. The van der Waals surface area contributed by atoms with Crippen molar-refractivity contribution in [2.24, 2.45) is 0 Å². The van der Waals surface area contributed by atoms with Gasteiger partial charge in [0.1, 0.15) is 0 Å². The van der Waals surface area contributed by atoms with Gasteiger partial charge in [-0.2, -0.15) is 0 Å². The highest BCUT2D eigenvalue weighted by Gasteiger charge is 2.40. The first-order valence-electron chi connectivity index (χ1n) is 20.8. The topological polar surface area (TPSA) is 76.2 Å². The smallest absolute Gasteiger partial charge is 0.306 e. The molecule has 7 heteroatoms. The second-order valence-electron chi connectivity index (χ2n) is 14.6. The van der Waals surface area contributed by atoms with E-state index >= 15 is 0 Å². The molecule has 0 aromatic heterocycles. The highest BCUT2D eigenvalue weighted by atomic mass is 16.6. The van der Waals surface area contributed by atoms with Crippen molar-refractivity contribution in [3.63, 3.8) is 0 Å². The molecule has 51 heavy (non-hydrogen) atoms. The summed E-state index contributed by atoms with van der Waals surface area (Å²) in [7, 11) is 3.69. The third-order valence-corrected chi connectivity index (χ3v) is 9.25. The van der Waals surface area contributed by atoms with Crippen LogP contribution < -0.4 is 0 Å². The van der Waals surface area contributed by atoms with Crippen LogP contribution in [0.2, 0.25) is 0 Å². The van der Waals surface area contributed by atoms with Crippen molar-refractivity contribution in [3.05, 3.63) is 48.6 Å². The van der Waals surface area contributed by atoms with Gasteiger partial charge in [0.25, 0.3) is 0 Å². The summed E-state index contributed by atoms with van der Waals surface area (Å²) in [6.45, 7) is 5.27. The number of carbonyl (C=O) groups is 3. The van der Waals surface area contributed by atoms with E-state index in [0.29, 0.717) is 12.8 Å². The summed E-state index contributed by atoms with van der Waals surface area (Å²) in [5, 5.41) is 0. The fourth-order valence-electron chi connectivity index (χ4n) is 6.16. The molecule has 1 rings (SSSR count). The van der Waals surface area contributed by atoms with Gasteiger partial charge >= 0.3 is 11.9 Å². The van der Waals surface area contributed by atoms with Crippen LogP contribution in [0.25, 0.3) is 0 Å². The molecule has 0 saturated carbocycles. The van der Waals surface area contributed by atoms with Crippen LogP contribution in [0.15, 0.2) is 48.6 Å². The van der Waals surface area contributed by atoms with Crippen molar-refractivity contribution >= 4 is 17.8 Å². The number of amides is 1. The molecule has 1 aliphatic heterocycles. The molecule has 0 N–H and O–H groups in total. The summed E-state index contributed by atoms with van der Waals surface area (Å²) >= 11 is 0. The Morgan fingerprint density at radius 2 is 0.882 bits per heavy atom. The van der Waals surface area contributed by atoms with Gasteiger partial charge in [-0.25, -0.2) is 0 Å². The quantitative estimate of drug-likeness (QED) is 0.0393. The monoisotopic (exact) mass is 713 g/mol. The number of unbranched alkanes of at least 4 members (excludes halogenated alkanes) is 16. The Hall–Kier alpha value is -2.67. The summed E-state index contributed by atoms with van der Waals surface area (Å²) in [4.78, 5) is 41.7. The molecule has 1 fully saturated rings. The first kappa shape index (κ1) is 46.4. The lowest BCUT2D eigenvalue weighted by Crippen LogP contribution is -2.37. The van der Waals surface area contributed by atoms with Gasteiger partial charge in [0.2, 0.25) is 5.91 Å². The van der Waals surface area contributed by atoms with E-state index in [4.69, 9.17) is 9.47 Å². The Morgan fingerprint density at radius 3 is 1.25 bits per heavy atom. The Kier molecular flexibility index (Phi) is 30.2. The third-order valence-electron chi connectivity index (χ3n) is 9.25. The number of likely N-dealkylation sites (tertiary alicyclic amines) is 1. The van der Waals surface area contributed by atoms with E-state index in [2.05, 4.69) is 62.5 Å². The van der Waals surface area contributed by atoms with E-state index in [9.17, 15) is 14.4 Å². The maximum Gasteiger partial charge on any atom is 0.306 e. The number of rotatable bonds is 32. The Labute approximate surface area is 313 Å². The summed E-state index contributed by atoms with van der Waals surface area (Å²) in [5.74, 6) is -0.605. The van der Waals surface area contributed by atoms with Crippen LogP contribution in [0.1, 0.15) is 168 Å². The first-order chi connectivity index (χ1) is 24.9. The highest BCUT2D eigenvalue weighted by molar-refractivity contribution is 5.79. The second-order valence-corrected chi connectivity index (χ2v) is 14.6. The molecule has 0 radical (unpaired) electrons. The van der Waals surface area contributed by atoms with E-state index in [0.717, 1.165) is 77.0 Å². The summed E-state index contributed by atoms with van der Waals surface area (Å²) < 4.78 is 11.6. The standard InChI is InChI=1S/C44H76N2O5/c1-5-7-9-11-13-15-17-19-21-23-25-27-29-31-33-35-43(48)50-40-37-46(42(47)39-45(3)4)38-41(40)51-44(49)36-34-32-30-28-26-24-22-20-18-16-14-12-10-8-6-2/h13-16,19-22,40-41H,5-12,17-18,23-39H2,1-4H3/b15-13-,16-14-,21-19-,22-20-/t40-,41?/m1/s1. The van der Waals surface area contributed by atoms with E-state index in [-0.39, 0.29) is 37.5 Å². The SMILES string of the molecule is CCCCC/C=C\C/C=C\CCCCCCCC(=O)OC1CN(C(=O)CN(C)C)C[C@H]1OC(=O)CCCCCCC/C=C\C/C=C\CCCCC. The van der Waals surface area contributed by atoms with Crippen LogP contribution in [-0.2, 0) is 23.9 Å². The Bertz CT molecular complexity index is 933. The highest BCUT2D eigenvalue weighted by Crippen LogP contribution is 2.20. The fourth-order valence-corrected chi connectivity index (χ4v) is 6.16. The Balaban J connectivity index is 2.28. The van der Waals surface area contributed by atoms with Gasteiger partial charge in [-0.1, -0.05) is 127 Å². The lowest BCUT2D eigenvalue weighted by molar-refractivity contribution is -0.164. The molecule has 1 amide bonds. The molecule has 0 aliphatic carbocycles. The van der Waals surface area contributed by atoms with Gasteiger partial charge in [-0.05, 0) is 91.1 Å². The van der Waals surface area contributed by atoms with Gasteiger partial charge < -0.3 is 19.3 Å². The molecule has 0 aromatic rings. The molecular weight excluding hydrogens is 636 g/mol. The molecule has 2 atom stereocenters. The van der Waals surface area contributed by atoms with E-state index in [1.165, 1.54) is 64.2 Å². The first-order valence-corrected chi connectivity index (χ1v) is 20.8. The van der Waals surface area contributed by atoms with Crippen LogP contribution in [0.3, 0.4) is 0 Å². The van der Waals surface area contributed by atoms with Crippen molar-refractivity contribution < 1.29 is 23.9 Å². The molecule has 1 saturated heterocycles. The molecule has 292 valence electrons. The van der Waals surface area contributed by atoms with Crippen LogP contribution in [0.5, 0.6) is 0 Å². The number of allylic oxidation sites excluding steroid dienone is 8. The van der Waals surface area contributed by atoms with Crippen molar-refractivity contribution in [2.75, 3.05) is 33.7 Å². The van der Waals surface area contributed by atoms with Gasteiger partial charge in [-0.3, -0.25) is 14.4 Å². The molecule has 7 nitrogen and oxygen atoms in total. The minimum atomic E-state index is -0.616. The number of hydrogen-bond donors (Lipinski definition) is 0. The van der Waals surface area contributed by atoms with Crippen LogP contribution >= 0.6 is 0 Å². The van der Waals surface area contributed by atoms with Crippen LogP contribution in [0, 0.1) is 0 Å². The number of carbonyl (C=O) groups excluding carboxylic acids is 3. The molecule has 0 spiro atoms. The summed E-state index contributed by atoms with van der Waals surface area (Å²) in [5.41, 5.74) is 0. The zero-order chi connectivity index (χ0) is 37.2. The minimum absolute atomic E-state index is 0.0537. The van der Waals surface area contributed by atoms with Gasteiger partial charge in [0.15, 0.2) is 12.2 Å². The van der Waals surface area contributed by atoms with Crippen molar-refractivity contribution in [3.8, 4) is 0 Å². The number of esters is 2. The van der Waals surface area contributed by atoms with Crippen molar-refractivity contribution in [2.45, 2.75) is 180 Å². The van der Waals surface area contributed by atoms with E-state index in [1.54, 1.807) is 4.90 Å². The van der Waals surface area contributed by atoms with Crippen LogP contribution in [-0.4, -0.2) is 73.6 Å². The van der Waals surface area contributed by atoms with Crippen molar-refractivity contribution in [1.29, 1.82) is 0 Å². The molecule has 1 heterocycles. The number of nitrogens with zero attached hydrogens (tertiary/aromatic N) is 2. The summed E-state index contributed by atoms with van der Waals surface area (Å²) in [6.07, 6.45) is 42.4. The fraction of sp³-hybridized carbons (Fsp3) is 0.750. The Morgan fingerprint density at radius 1 is 0.529 bits per heavy atom. The maximum absolute atomic E-state index is 12.8. The molecule has 0 aromatic carbocycles. The van der Waals surface area contributed by atoms with Crippen LogP contribution in [0.4, 0.5) is 0 Å². The molecule has 1 unspecified atom stereocenters. The molecule has 1 aliphatic rings. The normalized spacial score (nSPS) is 16.5. The zero-order valence-corrected chi connectivity index (χ0v) is 33.3. The predicted octanol–water partition coefficient (Wildman–Crippen LogP) is 10.8. The lowest BCUT2D eigenvalue weighted by Gasteiger charge is -2.19. The number of ether oxygens (including phenoxy) is 2. The maximum atomic E-state index is 12.8. The van der Waals surface area contributed by atoms with E-state index in [1.807, 2.05) is 19.0 Å². The van der Waals surface area contributed by atoms with Gasteiger partial charge in [0.05, 0.1) is 19.6 Å². The predicted molar refractivity (Wildman–Crippen MR) is 214 cm³/mol. The number of likely N-dealkylation sites (N-methyl/N-ethyl adjacent to an activating group) is 1. The average Bonchev–Trinajstić information content (AvgIpc) is 3.49. The zero-order valence-electron chi connectivity index (χ0n) is 33.3. The van der Waals surface area contributed by atoms with Crippen molar-refractivity contribution in [1.82, 2.24) is 9.80 Å². The average molecular weight is 713 g/mol. The van der Waals surface area contributed by atoms with Gasteiger partial charge in [0, 0.05) is 12.8 Å². The van der Waals surface area contributed by atoms with Gasteiger partial charge in [-0.15, -0.1) is 0 Å². The second kappa shape index (κ2) is 33.2. The molecule has 0 bridgehead atoms. The summed E-state index contributed by atoms with van der Waals surface area (Å²) in [6, 6.07) is 0. The number of hydrogen-bond acceptors (Lipinski definition) is 6. The molecular formula is C44H76N2O5. The third kappa shape index (κ3) is 27.6.